The average Bonchev–Trinajstić information content (AvgIpc) is 2.43. The predicted molar refractivity (Wildman–Crippen MR) is 81.0 cm³/mol. The Kier molecular flexibility index (Phi) is 7.92. The van der Waals surface area contributed by atoms with Crippen LogP contribution in [0.4, 0.5) is 0 Å². The molecule has 1 aliphatic carbocycles. The van der Waals surface area contributed by atoms with Crippen LogP contribution in [0.1, 0.15) is 65.7 Å². The molecule has 0 aromatic rings. The lowest BCUT2D eigenvalue weighted by atomic mass is 9.92. The van der Waals surface area contributed by atoms with Crippen molar-refractivity contribution in [3.05, 3.63) is 0 Å². The zero-order valence-electron chi connectivity index (χ0n) is 13.0. The predicted octanol–water partition coefficient (Wildman–Crippen LogP) is 3.67. The molecule has 0 heterocycles. The standard InChI is InChI=1S/C16H34N2/c1-5-12-17-16(14(3)6-2)13-18(4)15-10-8-7-9-11-15/h14-17H,5-13H2,1-4H3. The number of hydrogen-bond acceptors (Lipinski definition) is 2. The second-order valence-electron chi connectivity index (χ2n) is 6.18. The molecule has 2 unspecified atom stereocenters. The Hall–Kier alpha value is -0.0800. The summed E-state index contributed by atoms with van der Waals surface area (Å²) in [5.74, 6) is 0.780. The third-order valence-corrected chi connectivity index (χ3v) is 4.67. The van der Waals surface area contributed by atoms with Gasteiger partial charge in [-0.25, -0.2) is 0 Å². The zero-order chi connectivity index (χ0) is 13.4. The Morgan fingerprint density at radius 1 is 1.17 bits per heavy atom. The summed E-state index contributed by atoms with van der Waals surface area (Å²) in [6.07, 6.45) is 9.67. The molecular formula is C16H34N2. The van der Waals surface area contributed by atoms with Crippen LogP contribution in [-0.4, -0.2) is 37.1 Å². The molecule has 1 fully saturated rings. The van der Waals surface area contributed by atoms with Crippen LogP contribution in [0.15, 0.2) is 0 Å². The Bertz CT molecular complexity index is 199. The third-order valence-electron chi connectivity index (χ3n) is 4.67. The highest BCUT2D eigenvalue weighted by Gasteiger charge is 2.22. The summed E-state index contributed by atoms with van der Waals surface area (Å²) in [6, 6.07) is 1.51. The fourth-order valence-electron chi connectivity index (χ4n) is 3.04. The van der Waals surface area contributed by atoms with E-state index >= 15 is 0 Å². The smallest absolute Gasteiger partial charge is 0.0220 e. The van der Waals surface area contributed by atoms with E-state index in [9.17, 15) is 0 Å². The molecule has 2 heteroatoms. The molecule has 1 N–H and O–H groups in total. The largest absolute Gasteiger partial charge is 0.312 e. The van der Waals surface area contributed by atoms with Gasteiger partial charge < -0.3 is 10.2 Å². The summed E-state index contributed by atoms with van der Waals surface area (Å²) in [6.45, 7) is 9.34. The lowest BCUT2D eigenvalue weighted by molar-refractivity contribution is 0.158. The molecule has 0 amide bonds. The van der Waals surface area contributed by atoms with Gasteiger partial charge in [0.15, 0.2) is 0 Å². The number of nitrogens with zero attached hydrogens (tertiary/aromatic N) is 1. The molecule has 0 spiro atoms. The van der Waals surface area contributed by atoms with E-state index in [0.717, 1.165) is 18.5 Å². The average molecular weight is 254 g/mol. The van der Waals surface area contributed by atoms with E-state index in [0.29, 0.717) is 6.04 Å². The van der Waals surface area contributed by atoms with Crippen molar-refractivity contribution in [2.75, 3.05) is 20.1 Å². The molecule has 0 aromatic heterocycles. The maximum absolute atomic E-state index is 3.75. The van der Waals surface area contributed by atoms with Crippen LogP contribution >= 0.6 is 0 Å². The lowest BCUT2D eigenvalue weighted by Gasteiger charge is -2.36. The Labute approximate surface area is 115 Å². The van der Waals surface area contributed by atoms with Crippen LogP contribution in [0.2, 0.25) is 0 Å². The van der Waals surface area contributed by atoms with Gasteiger partial charge in [0, 0.05) is 18.6 Å². The fourth-order valence-corrected chi connectivity index (χ4v) is 3.04. The van der Waals surface area contributed by atoms with E-state index in [-0.39, 0.29) is 0 Å². The summed E-state index contributed by atoms with van der Waals surface area (Å²) >= 11 is 0. The minimum atomic E-state index is 0.668. The van der Waals surface area contributed by atoms with Crippen molar-refractivity contribution < 1.29 is 0 Å². The van der Waals surface area contributed by atoms with Crippen LogP contribution in [0, 0.1) is 5.92 Å². The van der Waals surface area contributed by atoms with Crippen molar-refractivity contribution in [3.8, 4) is 0 Å². The first-order valence-corrected chi connectivity index (χ1v) is 8.12. The number of hydrogen-bond donors (Lipinski definition) is 1. The van der Waals surface area contributed by atoms with E-state index < -0.39 is 0 Å². The molecule has 0 radical (unpaired) electrons. The SMILES string of the molecule is CCCNC(CN(C)C1CCCCC1)C(C)CC. The Morgan fingerprint density at radius 3 is 2.39 bits per heavy atom. The molecular weight excluding hydrogens is 220 g/mol. The molecule has 108 valence electrons. The van der Waals surface area contributed by atoms with Gasteiger partial charge in [0.25, 0.3) is 0 Å². The lowest BCUT2D eigenvalue weighted by Crippen LogP contribution is -2.47. The topological polar surface area (TPSA) is 15.3 Å². The van der Waals surface area contributed by atoms with Gasteiger partial charge in [-0.05, 0) is 38.8 Å². The van der Waals surface area contributed by atoms with Gasteiger partial charge in [-0.1, -0.05) is 46.5 Å². The molecule has 0 bridgehead atoms. The van der Waals surface area contributed by atoms with Crippen LogP contribution in [0.25, 0.3) is 0 Å². The molecule has 1 rings (SSSR count). The number of rotatable bonds is 8. The van der Waals surface area contributed by atoms with E-state index in [1.165, 1.54) is 51.5 Å². The van der Waals surface area contributed by atoms with Crippen molar-refractivity contribution in [1.82, 2.24) is 10.2 Å². The fraction of sp³-hybridized carbons (Fsp3) is 1.00. The highest BCUT2D eigenvalue weighted by Crippen LogP contribution is 2.22. The van der Waals surface area contributed by atoms with Crippen molar-refractivity contribution in [1.29, 1.82) is 0 Å². The molecule has 2 nitrogen and oxygen atoms in total. The van der Waals surface area contributed by atoms with E-state index in [2.05, 4.69) is 38.0 Å². The van der Waals surface area contributed by atoms with Gasteiger partial charge in [-0.15, -0.1) is 0 Å². The van der Waals surface area contributed by atoms with Gasteiger partial charge in [0.05, 0.1) is 0 Å². The maximum Gasteiger partial charge on any atom is 0.0220 e. The first-order valence-electron chi connectivity index (χ1n) is 8.12. The molecule has 0 aromatic carbocycles. The van der Waals surface area contributed by atoms with Crippen LogP contribution in [0.5, 0.6) is 0 Å². The zero-order valence-corrected chi connectivity index (χ0v) is 13.0. The molecule has 0 saturated heterocycles. The summed E-state index contributed by atoms with van der Waals surface area (Å²) in [5, 5.41) is 3.75. The molecule has 18 heavy (non-hydrogen) atoms. The second kappa shape index (κ2) is 8.92. The van der Waals surface area contributed by atoms with Crippen LogP contribution in [0.3, 0.4) is 0 Å². The number of nitrogens with one attached hydrogen (secondary N) is 1. The molecule has 2 atom stereocenters. The first kappa shape index (κ1) is 16.0. The first-order chi connectivity index (χ1) is 8.69. The summed E-state index contributed by atoms with van der Waals surface area (Å²) < 4.78 is 0. The van der Waals surface area contributed by atoms with Gasteiger partial charge >= 0.3 is 0 Å². The second-order valence-corrected chi connectivity index (χ2v) is 6.18. The van der Waals surface area contributed by atoms with Crippen molar-refractivity contribution >= 4 is 0 Å². The molecule has 1 saturated carbocycles. The summed E-state index contributed by atoms with van der Waals surface area (Å²) in [5.41, 5.74) is 0. The van der Waals surface area contributed by atoms with Gasteiger partial charge in [-0.3, -0.25) is 0 Å². The summed E-state index contributed by atoms with van der Waals surface area (Å²) in [4.78, 5) is 2.62. The third kappa shape index (κ3) is 5.27. The molecule has 1 aliphatic rings. The minimum Gasteiger partial charge on any atom is -0.312 e. The van der Waals surface area contributed by atoms with Crippen molar-refractivity contribution in [2.45, 2.75) is 77.8 Å². The number of likely N-dealkylation sites (N-methyl/N-ethyl adjacent to an activating group) is 1. The summed E-state index contributed by atoms with van der Waals surface area (Å²) in [7, 11) is 2.33. The molecule has 0 aliphatic heterocycles. The normalized spacial score (nSPS) is 21.2. The minimum absolute atomic E-state index is 0.668. The Balaban J connectivity index is 2.41. The van der Waals surface area contributed by atoms with E-state index in [4.69, 9.17) is 0 Å². The van der Waals surface area contributed by atoms with Gasteiger partial charge in [-0.2, -0.15) is 0 Å². The van der Waals surface area contributed by atoms with Crippen molar-refractivity contribution in [2.24, 2.45) is 5.92 Å². The quantitative estimate of drug-likeness (QED) is 0.711. The van der Waals surface area contributed by atoms with Gasteiger partial charge in [0.1, 0.15) is 0 Å². The van der Waals surface area contributed by atoms with E-state index in [1.54, 1.807) is 0 Å². The Morgan fingerprint density at radius 2 is 1.83 bits per heavy atom. The highest BCUT2D eigenvalue weighted by atomic mass is 15.2. The monoisotopic (exact) mass is 254 g/mol. The van der Waals surface area contributed by atoms with Crippen molar-refractivity contribution in [3.63, 3.8) is 0 Å². The van der Waals surface area contributed by atoms with E-state index in [1.807, 2.05) is 0 Å². The maximum atomic E-state index is 3.75. The van der Waals surface area contributed by atoms with Crippen LogP contribution < -0.4 is 5.32 Å². The highest BCUT2D eigenvalue weighted by molar-refractivity contribution is 4.80. The van der Waals surface area contributed by atoms with Crippen LogP contribution in [-0.2, 0) is 0 Å². The van der Waals surface area contributed by atoms with Gasteiger partial charge in [0.2, 0.25) is 0 Å².